The second kappa shape index (κ2) is 8.02. The molecule has 0 saturated heterocycles. The molecule has 1 amide bonds. The number of rotatable bonds is 3. The Kier molecular flexibility index (Phi) is 5.84. The minimum Gasteiger partial charge on any atom is -0.464 e. The Morgan fingerprint density at radius 2 is 1.86 bits per heavy atom. The van der Waals surface area contributed by atoms with Gasteiger partial charge in [0.25, 0.3) is 0 Å². The monoisotopic (exact) mass is 462 g/mol. The predicted molar refractivity (Wildman–Crippen MR) is 110 cm³/mol. The van der Waals surface area contributed by atoms with Gasteiger partial charge in [0.15, 0.2) is 11.8 Å². The molecule has 7 nitrogen and oxygen atoms in total. The number of nitrogens with zero attached hydrogens (tertiary/aromatic N) is 2. The second-order valence-corrected chi connectivity index (χ2v) is 8.44. The summed E-state index contributed by atoms with van der Waals surface area (Å²) in [5.41, 5.74) is 1.02. The van der Waals surface area contributed by atoms with Crippen molar-refractivity contribution in [1.82, 2.24) is 9.47 Å². The standard InChI is InChI=1S/C21H23BrN2O5/c1-5-28-19(26)17-18(25)14-11-16(22)24(13-9-7-6-8-10-13)15(14)12-23(17)20(27)29-21(2,3)4/h6-11,17H,5,12H2,1-4H3. The van der Waals surface area contributed by atoms with Crippen molar-refractivity contribution in [2.45, 2.75) is 45.9 Å². The molecule has 0 aliphatic carbocycles. The number of benzene rings is 1. The average molecular weight is 463 g/mol. The number of hydrogen-bond acceptors (Lipinski definition) is 5. The lowest BCUT2D eigenvalue weighted by molar-refractivity contribution is -0.147. The lowest BCUT2D eigenvalue weighted by Crippen LogP contribution is -2.54. The Labute approximate surface area is 177 Å². The van der Waals surface area contributed by atoms with Gasteiger partial charge in [-0.2, -0.15) is 0 Å². The Morgan fingerprint density at radius 3 is 2.45 bits per heavy atom. The first-order valence-corrected chi connectivity index (χ1v) is 10.1. The lowest BCUT2D eigenvalue weighted by Gasteiger charge is -2.34. The van der Waals surface area contributed by atoms with Gasteiger partial charge in [0, 0.05) is 11.3 Å². The maximum Gasteiger partial charge on any atom is 0.411 e. The van der Waals surface area contributed by atoms with Gasteiger partial charge in [-0.3, -0.25) is 9.69 Å². The highest BCUT2D eigenvalue weighted by atomic mass is 79.9. The van der Waals surface area contributed by atoms with E-state index in [2.05, 4.69) is 15.9 Å². The van der Waals surface area contributed by atoms with Crippen LogP contribution < -0.4 is 0 Å². The summed E-state index contributed by atoms with van der Waals surface area (Å²) in [5, 5.41) is 0. The van der Waals surface area contributed by atoms with Crippen molar-refractivity contribution in [2.24, 2.45) is 0 Å². The largest absolute Gasteiger partial charge is 0.464 e. The Bertz CT molecular complexity index is 946. The molecule has 2 heterocycles. The normalized spacial score (nSPS) is 16.4. The maximum atomic E-state index is 13.2. The summed E-state index contributed by atoms with van der Waals surface area (Å²) in [6, 6.07) is 9.73. The van der Waals surface area contributed by atoms with E-state index in [0.717, 1.165) is 10.6 Å². The van der Waals surface area contributed by atoms with Gasteiger partial charge in [0.2, 0.25) is 0 Å². The molecule has 0 spiro atoms. The molecule has 1 aromatic heterocycles. The zero-order valence-electron chi connectivity index (χ0n) is 16.8. The van der Waals surface area contributed by atoms with Crippen molar-refractivity contribution in [3.8, 4) is 5.69 Å². The SMILES string of the molecule is CCOC(=O)C1C(=O)c2cc(Br)n(-c3ccccc3)c2CN1C(=O)OC(C)(C)C. The van der Waals surface area contributed by atoms with Crippen molar-refractivity contribution in [2.75, 3.05) is 6.61 Å². The topological polar surface area (TPSA) is 77.8 Å². The molecule has 0 N–H and O–H groups in total. The molecule has 2 aromatic rings. The van der Waals surface area contributed by atoms with E-state index >= 15 is 0 Å². The molecule has 0 saturated carbocycles. The Balaban J connectivity index is 2.10. The minimum atomic E-state index is -1.38. The van der Waals surface area contributed by atoms with Crippen LogP contribution in [0, 0.1) is 0 Å². The minimum absolute atomic E-state index is 0.0277. The van der Waals surface area contributed by atoms with E-state index in [1.165, 1.54) is 0 Å². The quantitative estimate of drug-likeness (QED) is 0.506. The molecule has 8 heteroatoms. The highest BCUT2D eigenvalue weighted by Crippen LogP contribution is 2.33. The number of hydrogen-bond donors (Lipinski definition) is 0. The molecule has 0 radical (unpaired) electrons. The summed E-state index contributed by atoms with van der Waals surface area (Å²) in [7, 11) is 0. The van der Waals surface area contributed by atoms with Gasteiger partial charge in [0.05, 0.1) is 23.4 Å². The Hall–Kier alpha value is -2.61. The van der Waals surface area contributed by atoms with E-state index in [-0.39, 0.29) is 13.2 Å². The first-order chi connectivity index (χ1) is 13.6. The molecule has 1 atom stereocenters. The van der Waals surface area contributed by atoms with Gasteiger partial charge in [-0.15, -0.1) is 0 Å². The smallest absolute Gasteiger partial charge is 0.411 e. The van der Waals surface area contributed by atoms with E-state index in [9.17, 15) is 14.4 Å². The van der Waals surface area contributed by atoms with E-state index < -0.39 is 29.5 Å². The first kappa shape index (κ1) is 21.1. The molecular formula is C21H23BrN2O5. The molecule has 1 unspecified atom stereocenters. The summed E-state index contributed by atoms with van der Waals surface area (Å²) < 4.78 is 13.0. The second-order valence-electron chi connectivity index (χ2n) is 7.63. The van der Waals surface area contributed by atoms with Crippen LogP contribution in [0.3, 0.4) is 0 Å². The molecular weight excluding hydrogens is 440 g/mol. The lowest BCUT2D eigenvalue weighted by atomic mass is 9.98. The van der Waals surface area contributed by atoms with Crippen LogP contribution in [0.15, 0.2) is 41.0 Å². The summed E-state index contributed by atoms with van der Waals surface area (Å²) in [5.74, 6) is -1.26. The zero-order chi connectivity index (χ0) is 21.3. The third-order valence-electron chi connectivity index (χ3n) is 4.36. The van der Waals surface area contributed by atoms with Crippen LogP contribution >= 0.6 is 15.9 Å². The number of para-hydroxylation sites is 1. The van der Waals surface area contributed by atoms with Crippen molar-refractivity contribution < 1.29 is 23.9 Å². The van der Waals surface area contributed by atoms with E-state index in [0.29, 0.717) is 15.9 Å². The van der Waals surface area contributed by atoms with Crippen LogP contribution in [0.5, 0.6) is 0 Å². The molecule has 0 fully saturated rings. The van der Waals surface area contributed by atoms with Crippen molar-refractivity contribution in [3.63, 3.8) is 0 Å². The number of halogens is 1. The number of esters is 1. The summed E-state index contributed by atoms with van der Waals surface area (Å²) in [6.45, 7) is 6.96. The number of aromatic nitrogens is 1. The molecule has 1 aliphatic rings. The van der Waals surface area contributed by atoms with Crippen LogP contribution in [0.25, 0.3) is 5.69 Å². The van der Waals surface area contributed by atoms with Crippen molar-refractivity contribution >= 4 is 33.8 Å². The first-order valence-electron chi connectivity index (χ1n) is 9.30. The fourth-order valence-electron chi connectivity index (χ4n) is 3.23. The third-order valence-corrected chi connectivity index (χ3v) is 4.94. The maximum absolute atomic E-state index is 13.2. The summed E-state index contributed by atoms with van der Waals surface area (Å²) >= 11 is 3.49. The van der Waals surface area contributed by atoms with Gasteiger partial charge < -0.3 is 14.0 Å². The molecule has 1 aromatic carbocycles. The number of carbonyl (C=O) groups excluding carboxylic acids is 3. The van der Waals surface area contributed by atoms with Crippen LogP contribution in [-0.4, -0.2) is 45.6 Å². The summed E-state index contributed by atoms with van der Waals surface area (Å²) in [6.07, 6.45) is -0.744. The Morgan fingerprint density at radius 1 is 1.21 bits per heavy atom. The van der Waals surface area contributed by atoms with E-state index in [4.69, 9.17) is 9.47 Å². The molecule has 154 valence electrons. The number of Topliss-reactive ketones (excluding diaryl/α,β-unsaturated/α-hetero) is 1. The van der Waals surface area contributed by atoms with Gasteiger partial charge in [-0.1, -0.05) is 18.2 Å². The molecule has 0 bridgehead atoms. The van der Waals surface area contributed by atoms with Crippen LogP contribution in [0.4, 0.5) is 4.79 Å². The summed E-state index contributed by atoms with van der Waals surface area (Å²) in [4.78, 5) is 39.8. The van der Waals surface area contributed by atoms with Crippen molar-refractivity contribution in [1.29, 1.82) is 0 Å². The number of amides is 1. The average Bonchev–Trinajstić information content (AvgIpc) is 2.97. The molecule has 3 rings (SSSR count). The van der Waals surface area contributed by atoms with Crippen LogP contribution in [0.2, 0.25) is 0 Å². The fourth-order valence-corrected chi connectivity index (χ4v) is 3.88. The van der Waals surface area contributed by atoms with Gasteiger partial charge >= 0.3 is 12.1 Å². The number of ketones is 1. The molecule has 29 heavy (non-hydrogen) atoms. The van der Waals surface area contributed by atoms with Gasteiger partial charge in [-0.05, 0) is 61.8 Å². The number of fused-ring (bicyclic) bond motifs is 1. The van der Waals surface area contributed by atoms with E-state index in [1.54, 1.807) is 33.8 Å². The fraction of sp³-hybridized carbons (Fsp3) is 0.381. The third kappa shape index (κ3) is 4.22. The highest BCUT2D eigenvalue weighted by Gasteiger charge is 2.45. The van der Waals surface area contributed by atoms with Crippen LogP contribution in [0.1, 0.15) is 43.7 Å². The van der Waals surface area contributed by atoms with Gasteiger partial charge in [0.1, 0.15) is 5.60 Å². The predicted octanol–water partition coefficient (Wildman–Crippen LogP) is 4.10. The highest BCUT2D eigenvalue weighted by molar-refractivity contribution is 9.10. The van der Waals surface area contributed by atoms with Crippen LogP contribution in [-0.2, 0) is 20.8 Å². The van der Waals surface area contributed by atoms with E-state index in [1.807, 2.05) is 34.9 Å². The zero-order valence-corrected chi connectivity index (χ0v) is 18.4. The van der Waals surface area contributed by atoms with Gasteiger partial charge in [-0.25, -0.2) is 9.59 Å². The number of carbonyl (C=O) groups is 3. The van der Waals surface area contributed by atoms with Crippen molar-refractivity contribution in [3.05, 3.63) is 52.3 Å². The molecule has 1 aliphatic heterocycles. The number of ether oxygens (including phenoxy) is 2.